The number of benzene rings is 2. The molecule has 0 spiro atoms. The van der Waals surface area contributed by atoms with Gasteiger partial charge in [0.1, 0.15) is 5.75 Å². The second-order valence-corrected chi connectivity index (χ2v) is 6.49. The molecule has 7 nitrogen and oxygen atoms in total. The molecule has 144 valence electrons. The number of rotatable bonds is 4. The number of amides is 1. The lowest BCUT2D eigenvalue weighted by molar-refractivity contribution is -0.114. The molecule has 0 saturated heterocycles. The molecule has 2 heterocycles. The van der Waals surface area contributed by atoms with Crippen molar-refractivity contribution in [1.29, 1.82) is 0 Å². The van der Waals surface area contributed by atoms with Crippen LogP contribution in [0.3, 0.4) is 0 Å². The van der Waals surface area contributed by atoms with E-state index in [0.29, 0.717) is 28.7 Å². The molecule has 1 aromatic heterocycles. The molecule has 0 aliphatic carbocycles. The highest BCUT2D eigenvalue weighted by atomic mass is 16.7. The van der Waals surface area contributed by atoms with Crippen LogP contribution >= 0.6 is 0 Å². The maximum absolute atomic E-state index is 11.5. The Morgan fingerprint density at radius 2 is 1.86 bits per heavy atom. The predicted molar refractivity (Wildman–Crippen MR) is 105 cm³/mol. The van der Waals surface area contributed by atoms with Crippen LogP contribution in [0, 0.1) is 6.92 Å². The van der Waals surface area contributed by atoms with Gasteiger partial charge in [-0.15, -0.1) is 0 Å². The van der Waals surface area contributed by atoms with Crippen LogP contribution < -0.4 is 24.3 Å². The van der Waals surface area contributed by atoms with Gasteiger partial charge < -0.3 is 24.3 Å². The molecule has 1 N–H and O–H groups in total. The van der Waals surface area contributed by atoms with Gasteiger partial charge in [-0.1, -0.05) is 0 Å². The van der Waals surface area contributed by atoms with Gasteiger partial charge in [0.25, 0.3) is 0 Å². The molecular formula is C21H20N2O5. The zero-order valence-corrected chi connectivity index (χ0v) is 16.1. The van der Waals surface area contributed by atoms with Gasteiger partial charge >= 0.3 is 0 Å². The number of methoxy groups -OCH3 is 2. The van der Waals surface area contributed by atoms with E-state index in [9.17, 15) is 4.79 Å². The quantitative estimate of drug-likeness (QED) is 0.739. The monoisotopic (exact) mass is 380 g/mol. The summed E-state index contributed by atoms with van der Waals surface area (Å²) < 4.78 is 21.8. The van der Waals surface area contributed by atoms with Crippen molar-refractivity contribution in [1.82, 2.24) is 4.98 Å². The van der Waals surface area contributed by atoms with Gasteiger partial charge in [0.2, 0.25) is 18.4 Å². The molecule has 28 heavy (non-hydrogen) atoms. The van der Waals surface area contributed by atoms with E-state index < -0.39 is 0 Å². The van der Waals surface area contributed by atoms with Gasteiger partial charge in [0.15, 0.2) is 11.5 Å². The first-order valence-electron chi connectivity index (χ1n) is 8.75. The molecule has 0 radical (unpaired) electrons. The Balaban J connectivity index is 1.88. The average molecular weight is 380 g/mol. The fraction of sp³-hybridized carbons (Fsp3) is 0.238. The van der Waals surface area contributed by atoms with E-state index in [4.69, 9.17) is 23.9 Å². The molecule has 3 aromatic rings. The second kappa shape index (κ2) is 6.92. The second-order valence-electron chi connectivity index (χ2n) is 6.49. The van der Waals surface area contributed by atoms with Crippen LogP contribution in [-0.4, -0.2) is 31.9 Å². The predicted octanol–water partition coefficient (Wildman–Crippen LogP) is 3.91. The Hall–Kier alpha value is -3.48. The van der Waals surface area contributed by atoms with Crippen molar-refractivity contribution in [2.24, 2.45) is 0 Å². The van der Waals surface area contributed by atoms with E-state index in [1.807, 2.05) is 37.3 Å². The molecule has 0 atom stereocenters. The van der Waals surface area contributed by atoms with Crippen molar-refractivity contribution >= 4 is 22.5 Å². The van der Waals surface area contributed by atoms with Gasteiger partial charge in [-0.2, -0.15) is 0 Å². The number of hydrogen-bond acceptors (Lipinski definition) is 6. The third-order valence-electron chi connectivity index (χ3n) is 4.60. The van der Waals surface area contributed by atoms with Crippen LogP contribution in [0.5, 0.6) is 23.0 Å². The number of nitrogens with one attached hydrogen (secondary N) is 1. The summed E-state index contributed by atoms with van der Waals surface area (Å²) in [5.74, 6) is 2.23. The first-order chi connectivity index (χ1) is 13.5. The van der Waals surface area contributed by atoms with E-state index in [-0.39, 0.29) is 12.7 Å². The van der Waals surface area contributed by atoms with Crippen molar-refractivity contribution in [3.8, 4) is 34.3 Å². The van der Waals surface area contributed by atoms with Crippen LogP contribution in [0.15, 0.2) is 30.3 Å². The lowest BCUT2D eigenvalue weighted by Crippen LogP contribution is -2.07. The first kappa shape index (κ1) is 17.9. The maximum Gasteiger partial charge on any atom is 0.231 e. The number of aromatic nitrogens is 1. The standard InChI is InChI=1S/C21H20N2O5/c1-11-5-15(13-6-19(26-4)21-20(7-13)27-10-28-21)23-16-9-17(22-12(2)24)18(25-3)8-14(11)16/h5-9H,10H2,1-4H3,(H,22,24). The highest BCUT2D eigenvalue weighted by Crippen LogP contribution is 2.44. The number of fused-ring (bicyclic) bond motifs is 2. The minimum Gasteiger partial charge on any atom is -0.495 e. The van der Waals surface area contributed by atoms with Crippen LogP contribution in [0.25, 0.3) is 22.2 Å². The summed E-state index contributed by atoms with van der Waals surface area (Å²) in [6.45, 7) is 3.63. The van der Waals surface area contributed by atoms with E-state index in [2.05, 4.69) is 5.32 Å². The van der Waals surface area contributed by atoms with Crippen molar-refractivity contribution < 1.29 is 23.7 Å². The summed E-state index contributed by atoms with van der Waals surface area (Å²) in [6, 6.07) is 9.45. The molecule has 0 bridgehead atoms. The van der Waals surface area contributed by atoms with Crippen molar-refractivity contribution in [2.75, 3.05) is 26.3 Å². The Labute approximate surface area is 162 Å². The highest BCUT2D eigenvalue weighted by molar-refractivity contribution is 5.96. The van der Waals surface area contributed by atoms with Crippen LogP contribution in [0.4, 0.5) is 5.69 Å². The Kier molecular flexibility index (Phi) is 4.43. The molecule has 0 unspecified atom stereocenters. The van der Waals surface area contributed by atoms with Crippen LogP contribution in [-0.2, 0) is 4.79 Å². The lowest BCUT2D eigenvalue weighted by Gasteiger charge is -2.13. The molecular weight excluding hydrogens is 360 g/mol. The molecule has 1 amide bonds. The number of carbonyl (C=O) groups excluding carboxylic acids is 1. The van der Waals surface area contributed by atoms with E-state index in [1.54, 1.807) is 14.2 Å². The summed E-state index contributed by atoms with van der Waals surface area (Å²) in [5.41, 5.74) is 3.97. The normalized spacial score (nSPS) is 12.1. The Bertz CT molecular complexity index is 1090. The SMILES string of the molecule is COc1cc2c(C)cc(-c3cc(OC)c4c(c3)OCO4)nc2cc1NC(C)=O. The minimum absolute atomic E-state index is 0.166. The zero-order chi connectivity index (χ0) is 19.8. The van der Waals surface area contributed by atoms with Crippen molar-refractivity contribution in [2.45, 2.75) is 13.8 Å². The Morgan fingerprint density at radius 1 is 1.07 bits per heavy atom. The van der Waals surface area contributed by atoms with Gasteiger partial charge in [0.05, 0.1) is 31.1 Å². The zero-order valence-electron chi connectivity index (χ0n) is 16.1. The van der Waals surface area contributed by atoms with Crippen molar-refractivity contribution in [3.05, 3.63) is 35.9 Å². The maximum atomic E-state index is 11.5. The topological polar surface area (TPSA) is 78.9 Å². The van der Waals surface area contributed by atoms with Crippen LogP contribution in [0.1, 0.15) is 12.5 Å². The molecule has 0 fully saturated rings. The number of pyridine rings is 1. The van der Waals surface area contributed by atoms with E-state index >= 15 is 0 Å². The largest absolute Gasteiger partial charge is 0.495 e. The first-order valence-corrected chi connectivity index (χ1v) is 8.75. The van der Waals surface area contributed by atoms with Gasteiger partial charge in [0, 0.05) is 17.9 Å². The summed E-state index contributed by atoms with van der Waals surface area (Å²) in [5, 5.41) is 3.73. The fourth-order valence-corrected chi connectivity index (χ4v) is 3.30. The van der Waals surface area contributed by atoms with E-state index in [0.717, 1.165) is 27.7 Å². The summed E-state index contributed by atoms with van der Waals surface area (Å²) in [4.78, 5) is 16.3. The number of anilines is 1. The highest BCUT2D eigenvalue weighted by Gasteiger charge is 2.21. The number of carbonyl (C=O) groups is 1. The number of ether oxygens (including phenoxy) is 4. The molecule has 1 aliphatic heterocycles. The fourth-order valence-electron chi connectivity index (χ4n) is 3.30. The third-order valence-corrected chi connectivity index (χ3v) is 4.60. The number of hydrogen-bond donors (Lipinski definition) is 1. The smallest absolute Gasteiger partial charge is 0.231 e. The third kappa shape index (κ3) is 3.05. The molecule has 0 saturated carbocycles. The summed E-state index contributed by atoms with van der Waals surface area (Å²) in [6.07, 6.45) is 0. The Morgan fingerprint density at radius 3 is 2.57 bits per heavy atom. The summed E-state index contributed by atoms with van der Waals surface area (Å²) >= 11 is 0. The molecule has 1 aliphatic rings. The lowest BCUT2D eigenvalue weighted by atomic mass is 10.0. The number of nitrogens with zero attached hydrogens (tertiary/aromatic N) is 1. The summed E-state index contributed by atoms with van der Waals surface area (Å²) in [7, 11) is 3.16. The minimum atomic E-state index is -0.175. The molecule has 7 heteroatoms. The van der Waals surface area contributed by atoms with Gasteiger partial charge in [-0.05, 0) is 42.8 Å². The van der Waals surface area contributed by atoms with Crippen LogP contribution in [0.2, 0.25) is 0 Å². The van der Waals surface area contributed by atoms with Crippen molar-refractivity contribution in [3.63, 3.8) is 0 Å². The van der Waals surface area contributed by atoms with E-state index in [1.165, 1.54) is 6.92 Å². The molecule has 2 aromatic carbocycles. The van der Waals surface area contributed by atoms with Gasteiger partial charge in [-0.3, -0.25) is 4.79 Å². The number of aryl methyl sites for hydroxylation is 1. The average Bonchev–Trinajstić information content (AvgIpc) is 3.15. The van der Waals surface area contributed by atoms with Gasteiger partial charge in [-0.25, -0.2) is 4.98 Å². The molecule has 4 rings (SSSR count).